The minimum absolute atomic E-state index is 0.0856. The molecule has 0 aliphatic heterocycles. The quantitative estimate of drug-likeness (QED) is 0.452. The molecule has 0 aromatic heterocycles. The molecule has 2 heteroatoms. The maximum Gasteiger partial charge on any atom is 0.306 e. The Hall–Kier alpha value is -0.790. The van der Waals surface area contributed by atoms with Gasteiger partial charge in [0.15, 0.2) is 0 Å². The zero-order chi connectivity index (χ0) is 9.23. The number of ether oxygens (including phenoxy) is 1. The highest BCUT2D eigenvalue weighted by atomic mass is 16.5. The fourth-order valence-electron chi connectivity index (χ4n) is 0.769. The van der Waals surface area contributed by atoms with Crippen LogP contribution in [0.4, 0.5) is 0 Å². The molecule has 0 aliphatic rings. The Balaban J connectivity index is 3.25. The molecule has 0 bridgehead atoms. The molecule has 12 heavy (non-hydrogen) atoms. The molecular weight excluding hydrogens is 152 g/mol. The Labute approximate surface area is 74.6 Å². The van der Waals surface area contributed by atoms with Gasteiger partial charge >= 0.3 is 5.97 Å². The van der Waals surface area contributed by atoms with E-state index >= 15 is 0 Å². The third-order valence-corrected chi connectivity index (χ3v) is 1.48. The van der Waals surface area contributed by atoms with Gasteiger partial charge in [-0.25, -0.2) is 0 Å². The highest BCUT2D eigenvalue weighted by Gasteiger charge is 1.98. The van der Waals surface area contributed by atoms with Crippen molar-refractivity contribution in [1.82, 2.24) is 0 Å². The molecule has 0 radical (unpaired) electrons. The van der Waals surface area contributed by atoms with E-state index in [0.717, 1.165) is 19.3 Å². The Kier molecular flexibility index (Phi) is 7.76. The van der Waals surface area contributed by atoms with E-state index in [1.165, 1.54) is 0 Å². The molecule has 0 N–H and O–H groups in total. The van der Waals surface area contributed by atoms with Crippen LogP contribution in [0.5, 0.6) is 0 Å². The predicted octanol–water partition coefficient (Wildman–Crippen LogP) is 2.69. The highest BCUT2D eigenvalue weighted by molar-refractivity contribution is 5.69. The number of unbranched alkanes of at least 4 members (excludes halogenated alkanes) is 1. The van der Waals surface area contributed by atoms with Gasteiger partial charge in [0.1, 0.15) is 6.61 Å². The number of hydrogen-bond donors (Lipinski definition) is 0. The molecule has 70 valence electrons. The molecule has 0 aromatic carbocycles. The maximum absolute atomic E-state index is 10.9. The average molecular weight is 170 g/mol. The minimum Gasteiger partial charge on any atom is -0.461 e. The van der Waals surface area contributed by atoms with Gasteiger partial charge < -0.3 is 4.74 Å². The Morgan fingerprint density at radius 2 is 2.08 bits per heavy atom. The molecule has 0 saturated carbocycles. The molecule has 0 spiro atoms. The lowest BCUT2D eigenvalue weighted by Crippen LogP contribution is -2.03. The van der Waals surface area contributed by atoms with Crippen LogP contribution in [-0.2, 0) is 9.53 Å². The summed E-state index contributed by atoms with van der Waals surface area (Å²) in [6.07, 6.45) is 7.39. The fraction of sp³-hybridized carbons (Fsp3) is 0.700. The summed E-state index contributed by atoms with van der Waals surface area (Å²) in [7, 11) is 0. The van der Waals surface area contributed by atoms with Crippen molar-refractivity contribution in [2.24, 2.45) is 0 Å². The van der Waals surface area contributed by atoms with Crippen LogP contribution in [0.2, 0.25) is 0 Å². The number of hydrogen-bond acceptors (Lipinski definition) is 2. The highest BCUT2D eigenvalue weighted by Crippen LogP contribution is 1.96. The Morgan fingerprint density at radius 1 is 1.33 bits per heavy atom. The standard InChI is InChI=1S/C10H18O2/c1-3-5-7-9-12-10(11)8-6-4-2/h5,7H,3-4,6,8-9H2,1-2H3. The lowest BCUT2D eigenvalue weighted by molar-refractivity contribution is -0.142. The van der Waals surface area contributed by atoms with Crippen LogP contribution >= 0.6 is 0 Å². The van der Waals surface area contributed by atoms with Crippen LogP contribution in [0.15, 0.2) is 12.2 Å². The first-order valence-corrected chi connectivity index (χ1v) is 4.61. The number of allylic oxidation sites excluding steroid dienone is 1. The maximum atomic E-state index is 10.9. The normalized spacial score (nSPS) is 10.5. The lowest BCUT2D eigenvalue weighted by atomic mass is 10.2. The van der Waals surface area contributed by atoms with Crippen LogP contribution in [0.3, 0.4) is 0 Å². The zero-order valence-electron chi connectivity index (χ0n) is 8.01. The summed E-state index contributed by atoms with van der Waals surface area (Å²) in [6, 6.07) is 0. The molecule has 0 aliphatic carbocycles. The number of esters is 1. The summed E-state index contributed by atoms with van der Waals surface area (Å²) in [4.78, 5) is 10.9. The van der Waals surface area contributed by atoms with Gasteiger partial charge in [0.25, 0.3) is 0 Å². The van der Waals surface area contributed by atoms with Crippen molar-refractivity contribution in [2.75, 3.05) is 6.61 Å². The second-order valence-electron chi connectivity index (χ2n) is 2.67. The first-order chi connectivity index (χ1) is 5.81. The van der Waals surface area contributed by atoms with E-state index in [-0.39, 0.29) is 5.97 Å². The van der Waals surface area contributed by atoms with Gasteiger partial charge in [-0.2, -0.15) is 0 Å². The van der Waals surface area contributed by atoms with Crippen LogP contribution in [-0.4, -0.2) is 12.6 Å². The molecule has 0 unspecified atom stereocenters. The second kappa shape index (κ2) is 8.31. The molecule has 0 rings (SSSR count). The van der Waals surface area contributed by atoms with Gasteiger partial charge in [0, 0.05) is 6.42 Å². The fourth-order valence-corrected chi connectivity index (χ4v) is 0.769. The van der Waals surface area contributed by atoms with Gasteiger partial charge in [0.2, 0.25) is 0 Å². The van der Waals surface area contributed by atoms with E-state index < -0.39 is 0 Å². The number of rotatable bonds is 6. The second-order valence-corrected chi connectivity index (χ2v) is 2.67. The van der Waals surface area contributed by atoms with E-state index in [1.807, 2.05) is 12.2 Å². The van der Waals surface area contributed by atoms with Crippen molar-refractivity contribution >= 4 is 5.97 Å². The SMILES string of the molecule is CCC=CCOC(=O)CCCC. The van der Waals surface area contributed by atoms with Crippen molar-refractivity contribution < 1.29 is 9.53 Å². The van der Waals surface area contributed by atoms with Gasteiger partial charge in [-0.1, -0.05) is 32.4 Å². The first-order valence-electron chi connectivity index (χ1n) is 4.61. The monoisotopic (exact) mass is 170 g/mol. The molecule has 2 nitrogen and oxygen atoms in total. The van der Waals surface area contributed by atoms with Crippen LogP contribution < -0.4 is 0 Å². The van der Waals surface area contributed by atoms with Crippen LogP contribution in [0, 0.1) is 0 Å². The largest absolute Gasteiger partial charge is 0.461 e. The molecule has 0 atom stereocenters. The first kappa shape index (κ1) is 11.2. The summed E-state index contributed by atoms with van der Waals surface area (Å²) in [5.74, 6) is -0.0856. The molecule has 0 amide bonds. The summed E-state index contributed by atoms with van der Waals surface area (Å²) in [5.41, 5.74) is 0. The van der Waals surface area contributed by atoms with Crippen molar-refractivity contribution in [2.45, 2.75) is 39.5 Å². The van der Waals surface area contributed by atoms with E-state index in [2.05, 4.69) is 13.8 Å². The van der Waals surface area contributed by atoms with E-state index in [0.29, 0.717) is 13.0 Å². The van der Waals surface area contributed by atoms with E-state index in [4.69, 9.17) is 4.74 Å². The topological polar surface area (TPSA) is 26.3 Å². The summed E-state index contributed by atoms with van der Waals surface area (Å²) >= 11 is 0. The van der Waals surface area contributed by atoms with Crippen LogP contribution in [0.25, 0.3) is 0 Å². The van der Waals surface area contributed by atoms with Gasteiger partial charge in [0.05, 0.1) is 0 Å². The van der Waals surface area contributed by atoms with Crippen molar-refractivity contribution in [3.8, 4) is 0 Å². The summed E-state index contributed by atoms with van der Waals surface area (Å²) in [6.45, 7) is 4.54. The third-order valence-electron chi connectivity index (χ3n) is 1.48. The van der Waals surface area contributed by atoms with E-state index in [1.54, 1.807) is 0 Å². The smallest absolute Gasteiger partial charge is 0.306 e. The molecule has 0 fully saturated rings. The van der Waals surface area contributed by atoms with E-state index in [9.17, 15) is 4.79 Å². The lowest BCUT2D eigenvalue weighted by Gasteiger charge is -1.99. The minimum atomic E-state index is -0.0856. The van der Waals surface area contributed by atoms with Gasteiger partial charge in [-0.3, -0.25) is 4.79 Å². The summed E-state index contributed by atoms with van der Waals surface area (Å²) < 4.78 is 4.92. The average Bonchev–Trinajstić information content (AvgIpc) is 2.09. The summed E-state index contributed by atoms with van der Waals surface area (Å²) in [5, 5.41) is 0. The number of carbonyl (C=O) groups is 1. The van der Waals surface area contributed by atoms with Crippen molar-refractivity contribution in [3.05, 3.63) is 12.2 Å². The Morgan fingerprint density at radius 3 is 2.67 bits per heavy atom. The van der Waals surface area contributed by atoms with Crippen molar-refractivity contribution in [3.63, 3.8) is 0 Å². The molecule has 0 saturated heterocycles. The van der Waals surface area contributed by atoms with Crippen molar-refractivity contribution in [1.29, 1.82) is 0 Å². The third kappa shape index (κ3) is 7.32. The van der Waals surface area contributed by atoms with Gasteiger partial charge in [-0.05, 0) is 12.8 Å². The molecule has 0 heterocycles. The van der Waals surface area contributed by atoms with Crippen LogP contribution in [0.1, 0.15) is 39.5 Å². The Bertz CT molecular complexity index is 139. The zero-order valence-corrected chi connectivity index (χ0v) is 8.01. The molecular formula is C10H18O2. The predicted molar refractivity (Wildman–Crippen MR) is 49.9 cm³/mol. The molecule has 0 aromatic rings. The number of carbonyl (C=O) groups excluding carboxylic acids is 1. The van der Waals surface area contributed by atoms with Gasteiger partial charge in [-0.15, -0.1) is 0 Å².